The van der Waals surface area contributed by atoms with E-state index in [0.29, 0.717) is 18.7 Å². The van der Waals surface area contributed by atoms with Crippen molar-refractivity contribution in [2.45, 2.75) is 26.4 Å². The molecule has 0 N–H and O–H groups in total. The van der Waals surface area contributed by atoms with Crippen LogP contribution in [0.1, 0.15) is 18.1 Å². The Kier molecular flexibility index (Phi) is 4.44. The number of carbonyl (C=O) groups is 1. The van der Waals surface area contributed by atoms with Crippen LogP contribution >= 0.6 is 0 Å². The van der Waals surface area contributed by atoms with E-state index in [0.717, 1.165) is 17.8 Å². The summed E-state index contributed by atoms with van der Waals surface area (Å²) in [4.78, 5) is 16.6. The van der Waals surface area contributed by atoms with Crippen LogP contribution in [0.15, 0.2) is 48.5 Å². The molecule has 0 radical (unpaired) electrons. The summed E-state index contributed by atoms with van der Waals surface area (Å²) in [6.07, 6.45) is 0. The zero-order valence-corrected chi connectivity index (χ0v) is 13.5. The van der Waals surface area contributed by atoms with E-state index < -0.39 is 0 Å². The first kappa shape index (κ1) is 15.7. The number of aryl methyl sites for hydroxylation is 1. The fourth-order valence-electron chi connectivity index (χ4n) is 3.03. The molecule has 1 aliphatic rings. The molecule has 3 rings (SSSR count). The van der Waals surface area contributed by atoms with Crippen molar-refractivity contribution in [2.75, 3.05) is 18.0 Å². The molecular formula is C19H21FN2O. The summed E-state index contributed by atoms with van der Waals surface area (Å²) in [6, 6.07) is 14.5. The minimum Gasteiger partial charge on any atom is -0.310 e. The first-order valence-electron chi connectivity index (χ1n) is 7.92. The molecule has 0 saturated carbocycles. The Morgan fingerprint density at radius 1 is 1.13 bits per heavy atom. The van der Waals surface area contributed by atoms with Gasteiger partial charge in [-0.1, -0.05) is 30.3 Å². The van der Waals surface area contributed by atoms with Gasteiger partial charge in [0.15, 0.2) is 0 Å². The van der Waals surface area contributed by atoms with Crippen LogP contribution in [0.4, 0.5) is 10.1 Å². The minimum atomic E-state index is -0.260. The van der Waals surface area contributed by atoms with Gasteiger partial charge in [0.1, 0.15) is 5.82 Å². The lowest BCUT2D eigenvalue weighted by Gasteiger charge is -2.39. The van der Waals surface area contributed by atoms with Crippen LogP contribution in [0.5, 0.6) is 0 Å². The molecule has 2 aromatic rings. The summed E-state index contributed by atoms with van der Waals surface area (Å²) < 4.78 is 13.8. The number of halogens is 1. The maximum Gasteiger partial charge on any atom is 0.244 e. The molecule has 4 heteroatoms. The van der Waals surface area contributed by atoms with Crippen LogP contribution in [0, 0.1) is 12.7 Å². The van der Waals surface area contributed by atoms with Crippen LogP contribution in [0.2, 0.25) is 0 Å². The third kappa shape index (κ3) is 3.27. The highest BCUT2D eigenvalue weighted by Gasteiger charge is 2.32. The maximum atomic E-state index is 13.8. The number of amides is 1. The standard InChI is InChI=1S/C19H21FN2O/c1-14-6-5-8-17(12-14)22-11-10-21(15(2)19(22)23)13-16-7-3-4-9-18(16)20/h3-9,12,15H,10-11,13H2,1-2H3. The molecular weight excluding hydrogens is 291 g/mol. The van der Waals surface area contributed by atoms with E-state index in [4.69, 9.17) is 0 Å². The van der Waals surface area contributed by atoms with Gasteiger partial charge in [-0.05, 0) is 37.6 Å². The second kappa shape index (κ2) is 6.50. The van der Waals surface area contributed by atoms with E-state index in [1.54, 1.807) is 12.1 Å². The van der Waals surface area contributed by atoms with Gasteiger partial charge in [0.25, 0.3) is 0 Å². The molecule has 120 valence electrons. The van der Waals surface area contributed by atoms with Crippen molar-refractivity contribution < 1.29 is 9.18 Å². The first-order chi connectivity index (χ1) is 11.1. The maximum absolute atomic E-state index is 13.8. The van der Waals surface area contributed by atoms with Crippen molar-refractivity contribution in [3.05, 3.63) is 65.5 Å². The Morgan fingerprint density at radius 3 is 2.65 bits per heavy atom. The number of carbonyl (C=O) groups excluding carboxylic acids is 1. The van der Waals surface area contributed by atoms with Gasteiger partial charge < -0.3 is 4.90 Å². The van der Waals surface area contributed by atoms with Crippen molar-refractivity contribution in [2.24, 2.45) is 0 Å². The van der Waals surface area contributed by atoms with Crippen molar-refractivity contribution in [3.8, 4) is 0 Å². The second-order valence-corrected chi connectivity index (χ2v) is 6.07. The van der Waals surface area contributed by atoms with Crippen molar-refractivity contribution >= 4 is 11.6 Å². The van der Waals surface area contributed by atoms with Crippen LogP contribution < -0.4 is 4.90 Å². The quantitative estimate of drug-likeness (QED) is 0.867. The number of hydrogen-bond donors (Lipinski definition) is 0. The second-order valence-electron chi connectivity index (χ2n) is 6.07. The molecule has 2 aromatic carbocycles. The third-order valence-electron chi connectivity index (χ3n) is 4.43. The molecule has 0 spiro atoms. The highest BCUT2D eigenvalue weighted by molar-refractivity contribution is 5.97. The van der Waals surface area contributed by atoms with E-state index >= 15 is 0 Å². The average molecular weight is 312 g/mol. The van der Waals surface area contributed by atoms with Crippen molar-refractivity contribution in [1.29, 1.82) is 0 Å². The highest BCUT2D eigenvalue weighted by Crippen LogP contribution is 2.23. The summed E-state index contributed by atoms with van der Waals surface area (Å²) in [5.74, 6) is -0.147. The molecule has 1 atom stereocenters. The number of benzene rings is 2. The van der Waals surface area contributed by atoms with E-state index in [1.807, 2.05) is 54.0 Å². The smallest absolute Gasteiger partial charge is 0.244 e. The van der Waals surface area contributed by atoms with E-state index in [1.165, 1.54) is 6.07 Å². The molecule has 1 amide bonds. The Morgan fingerprint density at radius 2 is 1.91 bits per heavy atom. The van der Waals surface area contributed by atoms with E-state index in [2.05, 4.69) is 0 Å². The minimum absolute atomic E-state index is 0.0678. The topological polar surface area (TPSA) is 23.6 Å². The summed E-state index contributed by atoms with van der Waals surface area (Å²) in [5.41, 5.74) is 2.71. The number of piperazine rings is 1. The van der Waals surface area contributed by atoms with Crippen LogP contribution in [0.25, 0.3) is 0 Å². The molecule has 1 saturated heterocycles. The van der Waals surface area contributed by atoms with E-state index in [9.17, 15) is 9.18 Å². The molecule has 23 heavy (non-hydrogen) atoms. The molecule has 0 aliphatic carbocycles. The fourth-order valence-corrected chi connectivity index (χ4v) is 3.03. The molecule has 1 heterocycles. The Labute approximate surface area is 136 Å². The fraction of sp³-hybridized carbons (Fsp3) is 0.316. The van der Waals surface area contributed by atoms with Gasteiger partial charge in [-0.15, -0.1) is 0 Å². The molecule has 1 unspecified atom stereocenters. The van der Waals surface area contributed by atoms with E-state index in [-0.39, 0.29) is 17.8 Å². The lowest BCUT2D eigenvalue weighted by molar-refractivity contribution is -0.125. The molecule has 1 fully saturated rings. The Bertz CT molecular complexity index is 716. The molecule has 0 bridgehead atoms. The lowest BCUT2D eigenvalue weighted by Crippen LogP contribution is -2.55. The number of nitrogens with zero attached hydrogens (tertiary/aromatic N) is 2. The Hall–Kier alpha value is -2.20. The number of hydrogen-bond acceptors (Lipinski definition) is 2. The predicted octanol–water partition coefficient (Wildman–Crippen LogP) is 3.37. The molecule has 1 aliphatic heterocycles. The summed E-state index contributed by atoms with van der Waals surface area (Å²) in [6.45, 7) is 5.73. The van der Waals surface area contributed by atoms with Crippen LogP contribution in [0.3, 0.4) is 0 Å². The van der Waals surface area contributed by atoms with Gasteiger partial charge in [-0.25, -0.2) is 4.39 Å². The van der Waals surface area contributed by atoms with Crippen molar-refractivity contribution in [1.82, 2.24) is 4.90 Å². The molecule has 3 nitrogen and oxygen atoms in total. The first-order valence-corrected chi connectivity index (χ1v) is 7.92. The van der Waals surface area contributed by atoms with Crippen LogP contribution in [-0.2, 0) is 11.3 Å². The Balaban J connectivity index is 1.75. The predicted molar refractivity (Wildman–Crippen MR) is 89.8 cm³/mol. The zero-order valence-electron chi connectivity index (χ0n) is 13.5. The molecule has 0 aromatic heterocycles. The zero-order chi connectivity index (χ0) is 16.4. The average Bonchev–Trinajstić information content (AvgIpc) is 2.54. The van der Waals surface area contributed by atoms with Gasteiger partial charge >= 0.3 is 0 Å². The number of anilines is 1. The lowest BCUT2D eigenvalue weighted by atomic mass is 10.1. The normalized spacial score (nSPS) is 19.2. The van der Waals surface area contributed by atoms with Crippen molar-refractivity contribution in [3.63, 3.8) is 0 Å². The third-order valence-corrected chi connectivity index (χ3v) is 4.43. The monoisotopic (exact) mass is 312 g/mol. The van der Waals surface area contributed by atoms with Gasteiger partial charge in [0.2, 0.25) is 5.91 Å². The largest absolute Gasteiger partial charge is 0.310 e. The number of rotatable bonds is 3. The van der Waals surface area contributed by atoms with Gasteiger partial charge in [0.05, 0.1) is 6.04 Å². The summed E-state index contributed by atoms with van der Waals surface area (Å²) in [5, 5.41) is 0. The summed E-state index contributed by atoms with van der Waals surface area (Å²) in [7, 11) is 0. The SMILES string of the molecule is Cc1cccc(N2CCN(Cc3ccccc3F)C(C)C2=O)c1. The summed E-state index contributed by atoms with van der Waals surface area (Å²) >= 11 is 0. The van der Waals surface area contributed by atoms with Crippen LogP contribution in [-0.4, -0.2) is 29.9 Å². The highest BCUT2D eigenvalue weighted by atomic mass is 19.1. The van der Waals surface area contributed by atoms with Gasteiger partial charge in [0, 0.05) is 30.9 Å². The van der Waals surface area contributed by atoms with Gasteiger partial charge in [-0.3, -0.25) is 9.69 Å². The van der Waals surface area contributed by atoms with Gasteiger partial charge in [-0.2, -0.15) is 0 Å².